The van der Waals surface area contributed by atoms with Crippen LogP contribution in [-0.2, 0) is 4.74 Å². The van der Waals surface area contributed by atoms with Crippen molar-refractivity contribution in [3.63, 3.8) is 0 Å². The Morgan fingerprint density at radius 1 is 1.29 bits per heavy atom. The van der Waals surface area contributed by atoms with Gasteiger partial charge >= 0.3 is 5.97 Å². The van der Waals surface area contributed by atoms with Crippen LogP contribution in [0.4, 0.5) is 4.79 Å². The highest BCUT2D eigenvalue weighted by Crippen LogP contribution is 2.28. The van der Waals surface area contributed by atoms with E-state index in [1.54, 1.807) is 26.2 Å². The van der Waals surface area contributed by atoms with Crippen LogP contribution in [0.1, 0.15) is 15.9 Å². The minimum absolute atomic E-state index is 0.121. The van der Waals surface area contributed by atoms with Crippen LogP contribution < -0.4 is 0 Å². The third-order valence-electron chi connectivity index (χ3n) is 2.17. The molecule has 17 heavy (non-hydrogen) atoms. The zero-order valence-corrected chi connectivity index (χ0v) is 11.1. The van der Waals surface area contributed by atoms with E-state index in [1.807, 2.05) is 13.0 Å². The van der Waals surface area contributed by atoms with E-state index < -0.39 is 5.97 Å². The zero-order valence-electron chi connectivity index (χ0n) is 10.3. The van der Waals surface area contributed by atoms with Crippen LogP contribution in [0, 0.1) is 6.92 Å². The Morgan fingerprint density at radius 2 is 1.94 bits per heavy atom. The highest BCUT2D eigenvalue weighted by molar-refractivity contribution is 8.13. The molecule has 4 nitrogen and oxygen atoms in total. The number of aryl methyl sites for hydroxylation is 1. The number of methoxy groups -OCH3 is 1. The first kappa shape index (κ1) is 13.6. The molecule has 0 saturated carbocycles. The van der Waals surface area contributed by atoms with Gasteiger partial charge in [-0.25, -0.2) is 4.79 Å². The number of esters is 1. The van der Waals surface area contributed by atoms with E-state index in [-0.39, 0.29) is 5.24 Å². The molecule has 0 aliphatic rings. The van der Waals surface area contributed by atoms with Crippen molar-refractivity contribution in [1.82, 2.24) is 4.90 Å². The molecule has 0 atom stereocenters. The van der Waals surface area contributed by atoms with Crippen LogP contribution in [0.3, 0.4) is 0 Å². The number of rotatable bonds is 2. The predicted molar refractivity (Wildman–Crippen MR) is 67.5 cm³/mol. The van der Waals surface area contributed by atoms with Gasteiger partial charge in [0.25, 0.3) is 5.24 Å². The van der Waals surface area contributed by atoms with Crippen LogP contribution >= 0.6 is 11.8 Å². The molecule has 0 bridgehead atoms. The normalized spacial score (nSPS) is 9.88. The average Bonchev–Trinajstić information content (AvgIpc) is 2.30. The van der Waals surface area contributed by atoms with Crippen LogP contribution in [0.15, 0.2) is 23.1 Å². The summed E-state index contributed by atoms with van der Waals surface area (Å²) < 4.78 is 4.70. The first-order valence-corrected chi connectivity index (χ1v) is 5.86. The van der Waals surface area contributed by atoms with E-state index in [0.29, 0.717) is 10.5 Å². The molecule has 0 unspecified atom stereocenters. The van der Waals surface area contributed by atoms with Gasteiger partial charge < -0.3 is 9.64 Å². The molecule has 0 heterocycles. The van der Waals surface area contributed by atoms with Gasteiger partial charge in [0.1, 0.15) is 0 Å². The second-order valence-corrected chi connectivity index (χ2v) is 4.67. The Balaban J connectivity index is 3.12. The Hall–Kier alpha value is -1.49. The standard InChI is InChI=1S/C12H15NO3S/c1-8-6-5-7-9(11(14)16-4)10(8)17-12(15)13(2)3/h5-7H,1-4H3. The number of hydrogen-bond donors (Lipinski definition) is 0. The molecular formula is C12H15NO3S. The van der Waals surface area contributed by atoms with Crippen molar-refractivity contribution in [2.75, 3.05) is 21.2 Å². The van der Waals surface area contributed by atoms with Gasteiger partial charge in [-0.05, 0) is 30.3 Å². The molecule has 1 amide bonds. The lowest BCUT2D eigenvalue weighted by Crippen LogP contribution is -2.17. The topological polar surface area (TPSA) is 46.6 Å². The predicted octanol–water partition coefficient (Wildman–Crippen LogP) is 2.56. The molecule has 0 aliphatic heterocycles. The van der Waals surface area contributed by atoms with Gasteiger partial charge in [0, 0.05) is 19.0 Å². The molecule has 0 N–H and O–H groups in total. The summed E-state index contributed by atoms with van der Waals surface area (Å²) in [6.45, 7) is 1.86. The summed E-state index contributed by atoms with van der Waals surface area (Å²) >= 11 is 1.03. The molecule has 1 aromatic rings. The smallest absolute Gasteiger partial charge is 0.339 e. The largest absolute Gasteiger partial charge is 0.465 e. The number of nitrogens with zero attached hydrogens (tertiary/aromatic N) is 1. The Kier molecular flexibility index (Phi) is 4.57. The van der Waals surface area contributed by atoms with Gasteiger partial charge in [-0.1, -0.05) is 12.1 Å². The lowest BCUT2D eigenvalue weighted by atomic mass is 10.1. The van der Waals surface area contributed by atoms with Gasteiger partial charge in [-0.3, -0.25) is 4.79 Å². The lowest BCUT2D eigenvalue weighted by molar-refractivity contribution is 0.0596. The molecule has 92 valence electrons. The average molecular weight is 253 g/mol. The minimum Gasteiger partial charge on any atom is -0.465 e. The molecule has 1 aromatic carbocycles. The summed E-state index contributed by atoms with van der Waals surface area (Å²) in [4.78, 5) is 25.4. The SMILES string of the molecule is COC(=O)c1cccc(C)c1SC(=O)N(C)C. The molecule has 0 fully saturated rings. The number of carbonyl (C=O) groups excluding carboxylic acids is 2. The van der Waals surface area contributed by atoms with Crippen molar-refractivity contribution in [1.29, 1.82) is 0 Å². The molecule has 1 rings (SSSR count). The number of thioether (sulfide) groups is 1. The third kappa shape index (κ3) is 3.23. The maximum absolute atomic E-state index is 11.7. The van der Waals surface area contributed by atoms with Gasteiger partial charge in [0.05, 0.1) is 12.7 Å². The van der Waals surface area contributed by atoms with Crippen molar-refractivity contribution in [3.05, 3.63) is 29.3 Å². The monoisotopic (exact) mass is 253 g/mol. The molecular weight excluding hydrogens is 238 g/mol. The van der Waals surface area contributed by atoms with Gasteiger partial charge in [-0.2, -0.15) is 0 Å². The van der Waals surface area contributed by atoms with Crippen molar-refractivity contribution in [3.8, 4) is 0 Å². The Morgan fingerprint density at radius 3 is 2.47 bits per heavy atom. The summed E-state index contributed by atoms with van der Waals surface area (Å²) in [6, 6.07) is 5.29. The van der Waals surface area contributed by atoms with E-state index in [9.17, 15) is 9.59 Å². The van der Waals surface area contributed by atoms with E-state index in [0.717, 1.165) is 17.3 Å². The fraction of sp³-hybridized carbons (Fsp3) is 0.333. The van der Waals surface area contributed by atoms with Gasteiger partial charge in [0.2, 0.25) is 0 Å². The molecule has 0 aromatic heterocycles. The van der Waals surface area contributed by atoms with E-state index >= 15 is 0 Å². The number of amides is 1. The first-order chi connectivity index (χ1) is 7.97. The quantitative estimate of drug-likeness (QED) is 0.600. The second kappa shape index (κ2) is 5.72. The van der Waals surface area contributed by atoms with E-state index in [1.165, 1.54) is 12.0 Å². The number of hydrogen-bond acceptors (Lipinski definition) is 4. The summed E-state index contributed by atoms with van der Waals surface area (Å²) in [5.41, 5.74) is 1.31. The maximum Gasteiger partial charge on any atom is 0.339 e. The molecule has 0 spiro atoms. The molecule has 0 saturated heterocycles. The van der Waals surface area contributed by atoms with Crippen LogP contribution in [0.25, 0.3) is 0 Å². The molecule has 0 radical (unpaired) electrons. The Bertz CT molecular complexity index is 443. The van der Waals surface area contributed by atoms with Crippen molar-refractivity contribution in [2.24, 2.45) is 0 Å². The van der Waals surface area contributed by atoms with E-state index in [4.69, 9.17) is 4.74 Å². The molecule has 0 aliphatic carbocycles. The number of carbonyl (C=O) groups is 2. The van der Waals surface area contributed by atoms with Crippen LogP contribution in [0.5, 0.6) is 0 Å². The second-order valence-electron chi connectivity index (χ2n) is 3.71. The van der Waals surface area contributed by atoms with Gasteiger partial charge in [-0.15, -0.1) is 0 Å². The first-order valence-electron chi connectivity index (χ1n) is 5.04. The van der Waals surface area contributed by atoms with E-state index in [2.05, 4.69) is 0 Å². The highest BCUT2D eigenvalue weighted by atomic mass is 32.2. The number of ether oxygens (including phenoxy) is 1. The number of benzene rings is 1. The zero-order chi connectivity index (χ0) is 13.0. The van der Waals surface area contributed by atoms with Crippen molar-refractivity contribution in [2.45, 2.75) is 11.8 Å². The van der Waals surface area contributed by atoms with Crippen LogP contribution in [0.2, 0.25) is 0 Å². The highest BCUT2D eigenvalue weighted by Gasteiger charge is 2.17. The Labute approximate surface area is 105 Å². The van der Waals surface area contributed by atoms with Gasteiger partial charge in [0.15, 0.2) is 0 Å². The molecule has 5 heteroatoms. The van der Waals surface area contributed by atoms with Crippen LogP contribution in [-0.4, -0.2) is 37.3 Å². The summed E-state index contributed by atoms with van der Waals surface area (Å²) in [7, 11) is 4.67. The fourth-order valence-corrected chi connectivity index (χ4v) is 2.08. The third-order valence-corrected chi connectivity index (χ3v) is 3.46. The minimum atomic E-state index is -0.428. The van der Waals surface area contributed by atoms with Crippen molar-refractivity contribution >= 4 is 23.0 Å². The lowest BCUT2D eigenvalue weighted by Gasteiger charge is -2.13. The summed E-state index contributed by atoms with van der Waals surface area (Å²) in [5.74, 6) is -0.428. The summed E-state index contributed by atoms with van der Waals surface area (Å²) in [5, 5.41) is -0.121. The van der Waals surface area contributed by atoms with Crippen molar-refractivity contribution < 1.29 is 14.3 Å². The maximum atomic E-state index is 11.7. The fourth-order valence-electron chi connectivity index (χ4n) is 1.24. The summed E-state index contributed by atoms with van der Waals surface area (Å²) in [6.07, 6.45) is 0.